The summed E-state index contributed by atoms with van der Waals surface area (Å²) in [4.78, 5) is 15.7. The minimum absolute atomic E-state index is 0.328. The Bertz CT molecular complexity index is 256. The van der Waals surface area contributed by atoms with Gasteiger partial charge in [0.05, 0.1) is 7.11 Å². The number of hydrogen-bond acceptors (Lipinski definition) is 5. The van der Waals surface area contributed by atoms with Crippen LogP contribution >= 0.6 is 0 Å². The van der Waals surface area contributed by atoms with Crippen molar-refractivity contribution >= 4 is 5.97 Å². The largest absolute Gasteiger partial charge is 0.467 e. The normalized spacial score (nSPS) is 27.4. The van der Waals surface area contributed by atoms with Gasteiger partial charge in [0.25, 0.3) is 0 Å². The minimum Gasteiger partial charge on any atom is -0.467 e. The highest BCUT2D eigenvalue weighted by atomic mass is 16.5. The van der Waals surface area contributed by atoms with Crippen molar-refractivity contribution in [3.05, 3.63) is 0 Å². The molecule has 0 amide bonds. The van der Waals surface area contributed by atoms with Gasteiger partial charge in [0.2, 0.25) is 0 Å². The topological polar surface area (TPSA) is 53.0 Å². The third-order valence-electron chi connectivity index (χ3n) is 3.10. The summed E-state index contributed by atoms with van der Waals surface area (Å²) in [6, 6.07) is 0.342. The van der Waals surface area contributed by atoms with Gasteiger partial charge in [-0.3, -0.25) is 4.90 Å². The fourth-order valence-electron chi connectivity index (χ4n) is 2.09. The van der Waals surface area contributed by atoms with Gasteiger partial charge in [0.15, 0.2) is 5.60 Å². The van der Waals surface area contributed by atoms with Gasteiger partial charge in [-0.1, -0.05) is 0 Å². The average molecular weight is 230 g/mol. The molecule has 2 atom stereocenters. The number of esters is 1. The Hall–Kier alpha value is -0.650. The van der Waals surface area contributed by atoms with E-state index in [4.69, 9.17) is 0 Å². The van der Waals surface area contributed by atoms with Gasteiger partial charge in [-0.05, 0) is 20.9 Å². The second kappa shape index (κ2) is 5.12. The van der Waals surface area contributed by atoms with Gasteiger partial charge in [0, 0.05) is 32.2 Å². The Kier molecular flexibility index (Phi) is 4.29. The van der Waals surface area contributed by atoms with Crippen LogP contribution in [0.3, 0.4) is 0 Å². The number of rotatable bonds is 3. The summed E-state index contributed by atoms with van der Waals surface area (Å²) in [6.45, 7) is 6.71. The summed E-state index contributed by atoms with van der Waals surface area (Å²) in [6.07, 6.45) is 0. The fraction of sp³-hybridized carbons (Fsp3) is 0.909. The van der Waals surface area contributed by atoms with Gasteiger partial charge in [-0.2, -0.15) is 0 Å². The molecule has 5 nitrogen and oxygen atoms in total. The molecule has 5 heteroatoms. The van der Waals surface area contributed by atoms with Crippen LogP contribution in [0.5, 0.6) is 0 Å². The molecule has 1 saturated heterocycles. The fourth-order valence-corrected chi connectivity index (χ4v) is 2.09. The molecule has 0 radical (unpaired) electrons. The van der Waals surface area contributed by atoms with E-state index >= 15 is 0 Å². The number of likely N-dealkylation sites (N-methyl/N-ethyl adjacent to an activating group) is 1. The Labute approximate surface area is 97.0 Å². The first kappa shape index (κ1) is 13.4. The number of hydrogen-bond donors (Lipinski definition) is 1. The molecule has 1 aliphatic rings. The van der Waals surface area contributed by atoms with Crippen molar-refractivity contribution in [3.63, 3.8) is 0 Å². The van der Waals surface area contributed by atoms with E-state index in [-0.39, 0.29) is 0 Å². The molecular formula is C11H22N2O3. The summed E-state index contributed by atoms with van der Waals surface area (Å²) < 4.78 is 4.59. The van der Waals surface area contributed by atoms with Crippen LogP contribution < -0.4 is 0 Å². The molecule has 0 saturated carbocycles. The lowest BCUT2D eigenvalue weighted by Crippen LogP contribution is -2.56. The number of carbonyl (C=O) groups is 1. The molecular weight excluding hydrogens is 208 g/mol. The van der Waals surface area contributed by atoms with E-state index in [2.05, 4.69) is 28.5 Å². The molecule has 2 unspecified atom stereocenters. The summed E-state index contributed by atoms with van der Waals surface area (Å²) in [7, 11) is 3.37. The summed E-state index contributed by atoms with van der Waals surface area (Å²) in [5.74, 6) is -0.571. The minimum atomic E-state index is -1.42. The summed E-state index contributed by atoms with van der Waals surface area (Å²) >= 11 is 0. The lowest BCUT2D eigenvalue weighted by Gasteiger charge is -2.40. The molecule has 0 bridgehead atoms. The number of aliphatic hydroxyl groups is 1. The van der Waals surface area contributed by atoms with Crippen LogP contribution in [0.2, 0.25) is 0 Å². The molecule has 0 aromatic heterocycles. The van der Waals surface area contributed by atoms with Crippen molar-refractivity contribution in [1.82, 2.24) is 9.80 Å². The number of carbonyl (C=O) groups excluding carboxylic acids is 1. The Morgan fingerprint density at radius 2 is 2.19 bits per heavy atom. The van der Waals surface area contributed by atoms with Crippen molar-refractivity contribution in [2.45, 2.75) is 25.5 Å². The van der Waals surface area contributed by atoms with E-state index in [0.717, 1.165) is 19.6 Å². The predicted octanol–water partition coefficient (Wildman–Crippen LogP) is -0.454. The summed E-state index contributed by atoms with van der Waals surface area (Å²) in [5.41, 5.74) is -1.42. The van der Waals surface area contributed by atoms with Gasteiger partial charge in [0.1, 0.15) is 0 Å². The number of ether oxygens (including phenoxy) is 1. The van der Waals surface area contributed by atoms with Crippen LogP contribution in [0, 0.1) is 0 Å². The maximum Gasteiger partial charge on any atom is 0.338 e. The van der Waals surface area contributed by atoms with Gasteiger partial charge >= 0.3 is 5.97 Å². The zero-order valence-electron chi connectivity index (χ0n) is 10.6. The molecule has 1 aliphatic heterocycles. The van der Waals surface area contributed by atoms with Crippen molar-refractivity contribution in [1.29, 1.82) is 0 Å². The van der Waals surface area contributed by atoms with Crippen LogP contribution in [-0.4, -0.2) is 72.9 Å². The van der Waals surface area contributed by atoms with E-state index in [9.17, 15) is 9.90 Å². The summed E-state index contributed by atoms with van der Waals surface area (Å²) in [5, 5.41) is 9.99. The smallest absolute Gasteiger partial charge is 0.338 e. The Morgan fingerprint density at radius 1 is 1.56 bits per heavy atom. The van der Waals surface area contributed by atoms with E-state index in [1.807, 2.05) is 0 Å². The van der Waals surface area contributed by atoms with Crippen LogP contribution in [0.15, 0.2) is 0 Å². The molecule has 0 spiro atoms. The van der Waals surface area contributed by atoms with E-state index < -0.39 is 11.6 Å². The van der Waals surface area contributed by atoms with E-state index in [1.165, 1.54) is 14.0 Å². The van der Waals surface area contributed by atoms with Gasteiger partial charge in [-0.15, -0.1) is 0 Å². The molecule has 0 aromatic rings. The molecule has 0 aliphatic carbocycles. The zero-order chi connectivity index (χ0) is 12.3. The van der Waals surface area contributed by atoms with Crippen molar-refractivity contribution < 1.29 is 14.6 Å². The lowest BCUT2D eigenvalue weighted by molar-refractivity contribution is -0.163. The molecule has 0 aromatic carbocycles. The monoisotopic (exact) mass is 230 g/mol. The van der Waals surface area contributed by atoms with Crippen molar-refractivity contribution in [2.75, 3.05) is 40.3 Å². The van der Waals surface area contributed by atoms with Crippen LogP contribution in [0.25, 0.3) is 0 Å². The third-order valence-corrected chi connectivity index (χ3v) is 3.10. The maximum atomic E-state index is 11.4. The highest BCUT2D eigenvalue weighted by Crippen LogP contribution is 2.14. The van der Waals surface area contributed by atoms with Crippen LogP contribution in [0.4, 0.5) is 0 Å². The highest BCUT2D eigenvalue weighted by Gasteiger charge is 2.36. The van der Waals surface area contributed by atoms with Gasteiger partial charge in [-0.25, -0.2) is 4.79 Å². The second-order valence-corrected chi connectivity index (χ2v) is 4.85. The lowest BCUT2D eigenvalue weighted by atomic mass is 10.0. The van der Waals surface area contributed by atoms with E-state index in [0.29, 0.717) is 12.6 Å². The first-order valence-electron chi connectivity index (χ1n) is 5.60. The number of nitrogens with zero attached hydrogens (tertiary/aromatic N) is 2. The van der Waals surface area contributed by atoms with Crippen LogP contribution in [-0.2, 0) is 9.53 Å². The molecule has 1 heterocycles. The standard InChI is InChI=1S/C11H22N2O3/c1-9-7-12(3)5-6-13(9)8-11(2,15)10(14)16-4/h9,15H,5-8H2,1-4H3. The van der Waals surface area contributed by atoms with Gasteiger partial charge < -0.3 is 14.7 Å². The predicted molar refractivity (Wildman–Crippen MR) is 61.2 cm³/mol. The average Bonchev–Trinajstić information content (AvgIpc) is 2.21. The zero-order valence-corrected chi connectivity index (χ0v) is 10.6. The first-order valence-corrected chi connectivity index (χ1v) is 5.60. The Balaban J connectivity index is 2.56. The first-order chi connectivity index (χ1) is 7.36. The van der Waals surface area contributed by atoms with Crippen molar-refractivity contribution in [2.24, 2.45) is 0 Å². The SMILES string of the molecule is COC(=O)C(C)(O)CN1CCN(C)CC1C. The molecule has 94 valence electrons. The van der Waals surface area contributed by atoms with Crippen LogP contribution in [0.1, 0.15) is 13.8 Å². The highest BCUT2D eigenvalue weighted by molar-refractivity contribution is 5.78. The molecule has 1 N–H and O–H groups in total. The molecule has 16 heavy (non-hydrogen) atoms. The molecule has 1 rings (SSSR count). The van der Waals surface area contributed by atoms with E-state index in [1.54, 1.807) is 0 Å². The second-order valence-electron chi connectivity index (χ2n) is 4.85. The number of methoxy groups -OCH3 is 1. The Morgan fingerprint density at radius 3 is 2.69 bits per heavy atom. The third kappa shape index (κ3) is 3.17. The quantitative estimate of drug-likeness (QED) is 0.665. The number of piperazine rings is 1. The number of β-amino-alcohol motifs (C(OH)–C–C–N with tert-alkyl or cyclic N) is 1. The van der Waals surface area contributed by atoms with Crippen molar-refractivity contribution in [3.8, 4) is 0 Å². The molecule has 1 fully saturated rings. The maximum absolute atomic E-state index is 11.4.